The van der Waals surface area contributed by atoms with E-state index < -0.39 is 10.8 Å². The number of ether oxygens (including phenoxy) is 1. The van der Waals surface area contributed by atoms with Crippen LogP contribution in [0.3, 0.4) is 0 Å². The van der Waals surface area contributed by atoms with E-state index in [1.165, 1.54) is 0 Å². The van der Waals surface area contributed by atoms with Crippen LogP contribution in [0, 0.1) is 17.0 Å². The normalized spacial score (nSPS) is 10.0. The van der Waals surface area contributed by atoms with Crippen molar-refractivity contribution >= 4 is 17.3 Å². The summed E-state index contributed by atoms with van der Waals surface area (Å²) in [5.41, 5.74) is 0.731. The van der Waals surface area contributed by atoms with E-state index in [9.17, 15) is 20.0 Å². The average molecular weight is 302 g/mol. The Morgan fingerprint density at radius 3 is 2.77 bits per heavy atom. The Bertz CT molecular complexity index is 715. The van der Waals surface area contributed by atoms with E-state index in [-0.39, 0.29) is 23.7 Å². The van der Waals surface area contributed by atoms with Gasteiger partial charge >= 0.3 is 0 Å². The van der Waals surface area contributed by atoms with Gasteiger partial charge in [0.2, 0.25) is 0 Å². The maximum Gasteiger partial charge on any atom is 0.271 e. The second-order valence-electron chi connectivity index (χ2n) is 4.61. The van der Waals surface area contributed by atoms with Crippen LogP contribution in [0.2, 0.25) is 0 Å². The number of nitro groups is 1. The first-order valence-electron chi connectivity index (χ1n) is 6.42. The number of carbonyl (C=O) groups is 1. The molecule has 114 valence electrons. The standard InChI is InChI=1S/C15H14N2O5/c1-10-3-2-4-12(7-10)22-9-15(19)16-13-8-11(17(20)21)5-6-14(13)18/h2-8,18H,9H2,1H3,(H,16,19). The monoisotopic (exact) mass is 302 g/mol. The number of benzene rings is 2. The molecule has 0 aliphatic carbocycles. The van der Waals surface area contributed by atoms with Gasteiger partial charge in [0.1, 0.15) is 11.5 Å². The number of phenolic OH excluding ortho intramolecular Hbond substituents is 1. The molecule has 0 aliphatic rings. The van der Waals surface area contributed by atoms with E-state index in [0.29, 0.717) is 5.75 Å². The smallest absolute Gasteiger partial charge is 0.271 e. The van der Waals surface area contributed by atoms with Crippen LogP contribution in [0.25, 0.3) is 0 Å². The van der Waals surface area contributed by atoms with Gasteiger partial charge in [-0.1, -0.05) is 12.1 Å². The first-order valence-corrected chi connectivity index (χ1v) is 6.42. The van der Waals surface area contributed by atoms with E-state index in [1.807, 2.05) is 13.0 Å². The molecule has 0 radical (unpaired) electrons. The van der Waals surface area contributed by atoms with Gasteiger partial charge in [-0.25, -0.2) is 0 Å². The fourth-order valence-electron chi connectivity index (χ4n) is 1.78. The second kappa shape index (κ2) is 6.57. The molecule has 0 bridgehead atoms. The van der Waals surface area contributed by atoms with Crippen molar-refractivity contribution in [3.8, 4) is 11.5 Å². The molecule has 7 nitrogen and oxygen atoms in total. The number of hydrogen-bond acceptors (Lipinski definition) is 5. The molecule has 0 aromatic heterocycles. The zero-order valence-corrected chi connectivity index (χ0v) is 11.8. The van der Waals surface area contributed by atoms with Crippen LogP contribution in [0.1, 0.15) is 5.56 Å². The molecular formula is C15H14N2O5. The third-order valence-corrected chi connectivity index (χ3v) is 2.82. The van der Waals surface area contributed by atoms with Crippen molar-refractivity contribution in [1.82, 2.24) is 0 Å². The lowest BCUT2D eigenvalue weighted by molar-refractivity contribution is -0.384. The third-order valence-electron chi connectivity index (χ3n) is 2.82. The van der Waals surface area contributed by atoms with Crippen LogP contribution in [0.4, 0.5) is 11.4 Å². The Morgan fingerprint density at radius 1 is 1.32 bits per heavy atom. The molecule has 0 aliphatic heterocycles. The Labute approximate surface area is 126 Å². The summed E-state index contributed by atoms with van der Waals surface area (Å²) in [6.07, 6.45) is 0. The highest BCUT2D eigenvalue weighted by atomic mass is 16.6. The molecule has 0 atom stereocenters. The summed E-state index contributed by atoms with van der Waals surface area (Å²) in [6, 6.07) is 10.6. The second-order valence-corrected chi connectivity index (χ2v) is 4.61. The number of rotatable bonds is 5. The molecule has 0 unspecified atom stereocenters. The molecule has 0 saturated carbocycles. The number of hydrogen-bond donors (Lipinski definition) is 2. The minimum atomic E-state index is -0.613. The van der Waals surface area contributed by atoms with Crippen molar-refractivity contribution < 1.29 is 19.6 Å². The lowest BCUT2D eigenvalue weighted by atomic mass is 10.2. The average Bonchev–Trinajstić information content (AvgIpc) is 2.47. The minimum Gasteiger partial charge on any atom is -0.506 e. The maximum atomic E-state index is 11.8. The Balaban J connectivity index is 2.00. The van der Waals surface area contributed by atoms with Gasteiger partial charge < -0.3 is 15.2 Å². The summed E-state index contributed by atoms with van der Waals surface area (Å²) in [5.74, 6) is -0.245. The predicted molar refractivity (Wildman–Crippen MR) is 80.1 cm³/mol. The molecule has 0 fully saturated rings. The summed E-state index contributed by atoms with van der Waals surface area (Å²) < 4.78 is 5.31. The number of nitrogens with zero attached hydrogens (tertiary/aromatic N) is 1. The lowest BCUT2D eigenvalue weighted by Gasteiger charge is -2.09. The van der Waals surface area contributed by atoms with Crippen molar-refractivity contribution in [1.29, 1.82) is 0 Å². The van der Waals surface area contributed by atoms with Crippen molar-refractivity contribution in [3.05, 3.63) is 58.1 Å². The summed E-state index contributed by atoms with van der Waals surface area (Å²) in [6.45, 7) is 1.62. The van der Waals surface area contributed by atoms with Gasteiger partial charge in [0, 0.05) is 12.1 Å². The van der Waals surface area contributed by atoms with Crippen LogP contribution in [-0.2, 0) is 4.79 Å². The largest absolute Gasteiger partial charge is 0.506 e. The van der Waals surface area contributed by atoms with Gasteiger partial charge in [-0.3, -0.25) is 14.9 Å². The molecule has 0 saturated heterocycles. The van der Waals surface area contributed by atoms with Gasteiger partial charge in [-0.15, -0.1) is 0 Å². The molecule has 2 aromatic rings. The van der Waals surface area contributed by atoms with Crippen molar-refractivity contribution in [3.63, 3.8) is 0 Å². The summed E-state index contributed by atoms with van der Waals surface area (Å²) in [7, 11) is 0. The molecule has 1 amide bonds. The highest BCUT2D eigenvalue weighted by molar-refractivity contribution is 5.93. The quantitative estimate of drug-likeness (QED) is 0.502. The van der Waals surface area contributed by atoms with Gasteiger partial charge in [-0.2, -0.15) is 0 Å². The van der Waals surface area contributed by atoms with Crippen LogP contribution in [0.15, 0.2) is 42.5 Å². The molecule has 2 aromatic carbocycles. The van der Waals surface area contributed by atoms with Crippen LogP contribution < -0.4 is 10.1 Å². The van der Waals surface area contributed by atoms with E-state index in [1.54, 1.807) is 18.2 Å². The highest BCUT2D eigenvalue weighted by Crippen LogP contribution is 2.27. The zero-order valence-electron chi connectivity index (χ0n) is 11.8. The summed E-state index contributed by atoms with van der Waals surface area (Å²) in [5, 5.41) is 22.7. The summed E-state index contributed by atoms with van der Waals surface area (Å²) >= 11 is 0. The molecular weight excluding hydrogens is 288 g/mol. The van der Waals surface area contributed by atoms with Crippen LogP contribution in [-0.4, -0.2) is 22.5 Å². The molecule has 22 heavy (non-hydrogen) atoms. The third kappa shape index (κ3) is 3.95. The molecule has 2 N–H and O–H groups in total. The first-order chi connectivity index (χ1) is 10.5. The number of nitro benzene ring substituents is 1. The van der Waals surface area contributed by atoms with Gasteiger partial charge in [0.25, 0.3) is 11.6 Å². The molecule has 7 heteroatoms. The Hall–Kier alpha value is -3.09. The van der Waals surface area contributed by atoms with E-state index in [4.69, 9.17) is 4.74 Å². The Morgan fingerprint density at radius 2 is 2.09 bits per heavy atom. The maximum absolute atomic E-state index is 11.8. The number of nitrogens with one attached hydrogen (secondary N) is 1. The van der Waals surface area contributed by atoms with E-state index in [0.717, 1.165) is 23.8 Å². The van der Waals surface area contributed by atoms with Crippen LogP contribution >= 0.6 is 0 Å². The minimum absolute atomic E-state index is 0.0351. The lowest BCUT2D eigenvalue weighted by Crippen LogP contribution is -2.20. The molecule has 0 heterocycles. The number of non-ortho nitro benzene ring substituents is 1. The topological polar surface area (TPSA) is 102 Å². The first kappa shape index (κ1) is 15.3. The highest BCUT2D eigenvalue weighted by Gasteiger charge is 2.13. The number of carbonyl (C=O) groups excluding carboxylic acids is 1. The SMILES string of the molecule is Cc1cccc(OCC(=O)Nc2cc([N+](=O)[O-])ccc2O)c1. The van der Waals surface area contributed by atoms with Crippen molar-refractivity contribution in [2.24, 2.45) is 0 Å². The number of phenols is 1. The van der Waals surface area contributed by atoms with Gasteiger partial charge in [0.05, 0.1) is 10.6 Å². The summed E-state index contributed by atoms with van der Waals surface area (Å²) in [4.78, 5) is 21.9. The fourth-order valence-corrected chi connectivity index (χ4v) is 1.78. The Kier molecular flexibility index (Phi) is 4.57. The number of aromatic hydroxyl groups is 1. The molecule has 0 spiro atoms. The predicted octanol–water partition coefficient (Wildman–Crippen LogP) is 2.63. The number of aryl methyl sites for hydroxylation is 1. The van der Waals surface area contributed by atoms with Crippen molar-refractivity contribution in [2.45, 2.75) is 6.92 Å². The number of amides is 1. The van der Waals surface area contributed by atoms with Crippen molar-refractivity contribution in [2.75, 3.05) is 11.9 Å². The van der Waals surface area contributed by atoms with E-state index >= 15 is 0 Å². The molecule has 2 rings (SSSR count). The fraction of sp³-hybridized carbons (Fsp3) is 0.133. The van der Waals surface area contributed by atoms with E-state index in [2.05, 4.69) is 5.32 Å². The van der Waals surface area contributed by atoms with Gasteiger partial charge in [-0.05, 0) is 30.7 Å². The van der Waals surface area contributed by atoms with Gasteiger partial charge in [0.15, 0.2) is 6.61 Å². The number of anilines is 1. The zero-order chi connectivity index (χ0) is 16.1. The van der Waals surface area contributed by atoms with Crippen LogP contribution in [0.5, 0.6) is 11.5 Å².